The molecule has 0 aromatic heterocycles. The molecule has 0 bridgehead atoms. The minimum Gasteiger partial charge on any atom is -0.508 e. The topological polar surface area (TPSA) is 40.5 Å². The number of benzene rings is 2. The molecule has 2 aromatic carbocycles. The fraction of sp³-hybridized carbons (Fsp3) is 0.125. The first-order valence-corrected chi connectivity index (χ1v) is 5.99. The highest BCUT2D eigenvalue weighted by atomic mass is 16.3. The van der Waals surface area contributed by atoms with Gasteiger partial charge in [-0.05, 0) is 30.5 Å². The van der Waals surface area contributed by atoms with E-state index in [1.807, 2.05) is 42.5 Å². The summed E-state index contributed by atoms with van der Waals surface area (Å²) in [6, 6.07) is 14.6. The van der Waals surface area contributed by atoms with E-state index in [1.54, 1.807) is 18.2 Å². The number of rotatable bonds is 4. The molecule has 0 saturated carbocycles. The number of hydrogen-bond acceptors (Lipinski definition) is 2. The van der Waals surface area contributed by atoms with Gasteiger partial charge in [0.25, 0.3) is 0 Å². The molecule has 92 valence electrons. The van der Waals surface area contributed by atoms with Crippen molar-refractivity contribution in [2.75, 3.05) is 0 Å². The first kappa shape index (κ1) is 12.2. The van der Waals surface area contributed by atoms with Crippen LogP contribution < -0.4 is 0 Å². The molecular formula is C16H16O2. The zero-order valence-corrected chi connectivity index (χ0v) is 10.1. The predicted octanol–water partition coefficient (Wildman–Crippen LogP) is 3.74. The summed E-state index contributed by atoms with van der Waals surface area (Å²) < 4.78 is 0. The van der Waals surface area contributed by atoms with Crippen molar-refractivity contribution in [1.82, 2.24) is 0 Å². The Labute approximate surface area is 107 Å². The molecule has 0 radical (unpaired) electrons. The second kappa shape index (κ2) is 5.92. The van der Waals surface area contributed by atoms with E-state index >= 15 is 0 Å². The standard InChI is InChI=1S/C16H16O2/c17-15-11-5-3-9-13(15)7-1-2-8-14-10-4-6-12-16(14)18/h1,3-7,9-12,17-18H,2,8H2/b7-1+. The van der Waals surface area contributed by atoms with Crippen LogP contribution >= 0.6 is 0 Å². The molecule has 2 aromatic rings. The van der Waals surface area contributed by atoms with Crippen molar-refractivity contribution in [3.05, 3.63) is 65.7 Å². The third kappa shape index (κ3) is 3.14. The molecule has 0 amide bonds. The Hall–Kier alpha value is -2.22. The number of aromatic hydroxyl groups is 2. The molecule has 0 heterocycles. The van der Waals surface area contributed by atoms with Gasteiger partial charge in [0.1, 0.15) is 11.5 Å². The van der Waals surface area contributed by atoms with Gasteiger partial charge >= 0.3 is 0 Å². The van der Waals surface area contributed by atoms with Crippen molar-refractivity contribution in [3.8, 4) is 11.5 Å². The molecule has 18 heavy (non-hydrogen) atoms. The number of para-hydroxylation sites is 2. The first-order valence-electron chi connectivity index (χ1n) is 5.99. The molecule has 0 atom stereocenters. The van der Waals surface area contributed by atoms with Crippen molar-refractivity contribution < 1.29 is 10.2 Å². The van der Waals surface area contributed by atoms with Crippen LogP contribution in [0.25, 0.3) is 6.08 Å². The molecule has 0 spiro atoms. The van der Waals surface area contributed by atoms with Gasteiger partial charge in [0.2, 0.25) is 0 Å². The van der Waals surface area contributed by atoms with Crippen LogP contribution in [0, 0.1) is 0 Å². The van der Waals surface area contributed by atoms with Crippen LogP contribution in [-0.4, -0.2) is 10.2 Å². The maximum Gasteiger partial charge on any atom is 0.122 e. The van der Waals surface area contributed by atoms with Gasteiger partial charge in [0, 0.05) is 5.56 Å². The van der Waals surface area contributed by atoms with E-state index < -0.39 is 0 Å². The fourth-order valence-electron chi connectivity index (χ4n) is 1.80. The summed E-state index contributed by atoms with van der Waals surface area (Å²) in [5.74, 6) is 0.629. The Kier molecular flexibility index (Phi) is 4.02. The highest BCUT2D eigenvalue weighted by molar-refractivity contribution is 5.56. The van der Waals surface area contributed by atoms with Gasteiger partial charge in [-0.2, -0.15) is 0 Å². The van der Waals surface area contributed by atoms with Gasteiger partial charge in [0.05, 0.1) is 0 Å². The second-order valence-electron chi connectivity index (χ2n) is 4.13. The largest absolute Gasteiger partial charge is 0.508 e. The molecule has 2 heteroatoms. The van der Waals surface area contributed by atoms with E-state index in [9.17, 15) is 10.2 Å². The van der Waals surface area contributed by atoms with Gasteiger partial charge in [-0.3, -0.25) is 0 Å². The molecule has 2 rings (SSSR count). The lowest BCUT2D eigenvalue weighted by atomic mass is 10.1. The van der Waals surface area contributed by atoms with Crippen molar-refractivity contribution in [3.63, 3.8) is 0 Å². The highest BCUT2D eigenvalue weighted by Crippen LogP contribution is 2.19. The summed E-state index contributed by atoms with van der Waals surface area (Å²) in [4.78, 5) is 0. The Morgan fingerprint density at radius 1 is 0.833 bits per heavy atom. The molecule has 0 unspecified atom stereocenters. The lowest BCUT2D eigenvalue weighted by Gasteiger charge is -2.01. The monoisotopic (exact) mass is 240 g/mol. The fourth-order valence-corrected chi connectivity index (χ4v) is 1.80. The number of phenolic OH excluding ortho intramolecular Hbond substituents is 2. The van der Waals surface area contributed by atoms with Crippen molar-refractivity contribution in [2.45, 2.75) is 12.8 Å². The zero-order valence-electron chi connectivity index (χ0n) is 10.1. The summed E-state index contributed by atoms with van der Waals surface area (Å²) in [6.45, 7) is 0. The SMILES string of the molecule is Oc1ccccc1/C=C/CCc1ccccc1O. The lowest BCUT2D eigenvalue weighted by molar-refractivity contribution is 0.468. The molecule has 2 N–H and O–H groups in total. The number of aryl methyl sites for hydroxylation is 1. The van der Waals surface area contributed by atoms with Gasteiger partial charge in [-0.25, -0.2) is 0 Å². The smallest absolute Gasteiger partial charge is 0.122 e. The normalized spacial score (nSPS) is 10.9. The molecule has 0 fully saturated rings. The van der Waals surface area contributed by atoms with Crippen LogP contribution in [0.1, 0.15) is 17.5 Å². The average Bonchev–Trinajstić information content (AvgIpc) is 2.38. The van der Waals surface area contributed by atoms with Crippen LogP contribution in [0.2, 0.25) is 0 Å². The molecule has 0 aliphatic heterocycles. The van der Waals surface area contributed by atoms with Crippen molar-refractivity contribution in [2.24, 2.45) is 0 Å². The Balaban J connectivity index is 1.93. The van der Waals surface area contributed by atoms with Gasteiger partial charge < -0.3 is 10.2 Å². The minimum atomic E-state index is 0.288. The highest BCUT2D eigenvalue weighted by Gasteiger charge is 1.97. The predicted molar refractivity (Wildman–Crippen MR) is 73.6 cm³/mol. The van der Waals surface area contributed by atoms with Crippen LogP contribution in [0.5, 0.6) is 11.5 Å². The van der Waals surface area contributed by atoms with Crippen molar-refractivity contribution in [1.29, 1.82) is 0 Å². The van der Waals surface area contributed by atoms with Gasteiger partial charge in [0.15, 0.2) is 0 Å². The summed E-state index contributed by atoms with van der Waals surface area (Å²) in [5.41, 5.74) is 1.76. The van der Waals surface area contributed by atoms with Crippen LogP contribution in [0.4, 0.5) is 0 Å². The lowest BCUT2D eigenvalue weighted by Crippen LogP contribution is -1.83. The maximum atomic E-state index is 9.61. The first-order chi connectivity index (χ1) is 8.77. The van der Waals surface area contributed by atoms with Gasteiger partial charge in [-0.1, -0.05) is 48.6 Å². The summed E-state index contributed by atoms with van der Waals surface area (Å²) >= 11 is 0. The van der Waals surface area contributed by atoms with Gasteiger partial charge in [-0.15, -0.1) is 0 Å². The van der Waals surface area contributed by atoms with E-state index in [0.29, 0.717) is 5.75 Å². The third-order valence-electron chi connectivity index (χ3n) is 2.81. The van der Waals surface area contributed by atoms with E-state index in [2.05, 4.69) is 0 Å². The molecule has 2 nitrogen and oxygen atoms in total. The Morgan fingerprint density at radius 3 is 2.22 bits per heavy atom. The van der Waals surface area contributed by atoms with E-state index in [-0.39, 0.29) is 5.75 Å². The number of phenols is 2. The number of allylic oxidation sites excluding steroid dienone is 1. The molecular weight excluding hydrogens is 224 g/mol. The van der Waals surface area contributed by atoms with E-state index in [4.69, 9.17) is 0 Å². The Bertz CT molecular complexity index is 544. The Morgan fingerprint density at radius 2 is 1.50 bits per heavy atom. The second-order valence-corrected chi connectivity index (χ2v) is 4.13. The molecule has 0 aliphatic rings. The summed E-state index contributed by atoms with van der Waals surface area (Å²) in [5, 5.41) is 19.2. The summed E-state index contributed by atoms with van der Waals surface area (Å²) in [7, 11) is 0. The van der Waals surface area contributed by atoms with Crippen LogP contribution in [0.3, 0.4) is 0 Å². The van der Waals surface area contributed by atoms with Crippen molar-refractivity contribution >= 4 is 6.08 Å². The zero-order chi connectivity index (χ0) is 12.8. The van der Waals surface area contributed by atoms with Crippen LogP contribution in [-0.2, 0) is 6.42 Å². The summed E-state index contributed by atoms with van der Waals surface area (Å²) in [6.07, 6.45) is 5.51. The number of hydrogen-bond donors (Lipinski definition) is 2. The third-order valence-corrected chi connectivity index (χ3v) is 2.81. The molecule has 0 aliphatic carbocycles. The van der Waals surface area contributed by atoms with Crippen LogP contribution in [0.15, 0.2) is 54.6 Å². The van der Waals surface area contributed by atoms with E-state index in [1.165, 1.54) is 0 Å². The molecule has 0 saturated heterocycles. The van der Waals surface area contributed by atoms with E-state index in [0.717, 1.165) is 24.0 Å². The maximum absolute atomic E-state index is 9.61. The quantitative estimate of drug-likeness (QED) is 0.854. The average molecular weight is 240 g/mol. The minimum absolute atomic E-state index is 0.288.